The second-order valence-electron chi connectivity index (χ2n) is 5.00. The minimum absolute atomic E-state index is 0.0658. The van der Waals surface area contributed by atoms with Crippen LogP contribution in [0.15, 0.2) is 29.2 Å². The van der Waals surface area contributed by atoms with Crippen molar-refractivity contribution in [1.82, 2.24) is 10.2 Å². The number of nitrogens with one attached hydrogen (secondary N) is 2. The number of amides is 1. The van der Waals surface area contributed by atoms with Gasteiger partial charge in [0.25, 0.3) is 0 Å². The van der Waals surface area contributed by atoms with Crippen LogP contribution in [0.5, 0.6) is 5.75 Å². The van der Waals surface area contributed by atoms with Crippen LogP contribution in [0.4, 0.5) is 0 Å². The molecule has 8 heteroatoms. The van der Waals surface area contributed by atoms with Crippen molar-refractivity contribution < 1.29 is 23.2 Å². The van der Waals surface area contributed by atoms with Crippen LogP contribution in [0.3, 0.4) is 0 Å². The van der Waals surface area contributed by atoms with Gasteiger partial charge in [-0.05, 0) is 37.6 Å². The lowest BCUT2D eigenvalue weighted by Gasteiger charge is -2.15. The molecular formula is C16H22N2O5S. The van der Waals surface area contributed by atoms with E-state index in [1.807, 2.05) is 6.92 Å². The minimum atomic E-state index is -3.75. The van der Waals surface area contributed by atoms with Crippen LogP contribution in [0.2, 0.25) is 0 Å². The van der Waals surface area contributed by atoms with Gasteiger partial charge in [-0.15, -0.1) is 5.92 Å². The molecule has 0 radical (unpaired) electrons. The van der Waals surface area contributed by atoms with Crippen LogP contribution in [-0.2, 0) is 14.8 Å². The molecule has 0 aromatic heterocycles. The number of rotatable bonds is 9. The smallest absolute Gasteiger partial charge is 0.247 e. The number of benzene rings is 1. The fourth-order valence-electron chi connectivity index (χ4n) is 1.97. The third-order valence-corrected chi connectivity index (χ3v) is 4.70. The van der Waals surface area contributed by atoms with Crippen molar-refractivity contribution in [1.29, 1.82) is 0 Å². The summed E-state index contributed by atoms with van der Waals surface area (Å²) in [5.41, 5.74) is 1.56. The van der Waals surface area contributed by atoms with Gasteiger partial charge in [0.1, 0.15) is 12.4 Å². The number of carbonyl (C=O) groups excluding carboxylic acids is 1. The lowest BCUT2D eigenvalue weighted by molar-refractivity contribution is -0.133. The number of hydrogen-bond acceptors (Lipinski definition) is 5. The molecule has 0 bridgehead atoms. The maximum Gasteiger partial charge on any atom is 0.247 e. The maximum absolute atomic E-state index is 12.3. The average molecular weight is 354 g/mol. The molecule has 0 aliphatic rings. The topological polar surface area (TPSA) is 105 Å². The van der Waals surface area contributed by atoms with E-state index in [4.69, 9.17) is 9.94 Å². The Morgan fingerprint density at radius 1 is 1.33 bits per heavy atom. The molecule has 0 aliphatic carbocycles. The molecule has 7 nitrogen and oxygen atoms in total. The van der Waals surface area contributed by atoms with Crippen molar-refractivity contribution in [3.05, 3.63) is 24.3 Å². The number of sulfonamides is 1. The highest BCUT2D eigenvalue weighted by Gasteiger charge is 2.21. The summed E-state index contributed by atoms with van der Waals surface area (Å²) in [6.07, 6.45) is 1.15. The summed E-state index contributed by atoms with van der Waals surface area (Å²) >= 11 is 0. The largest absolute Gasteiger partial charge is 0.481 e. The monoisotopic (exact) mass is 354 g/mol. The van der Waals surface area contributed by atoms with E-state index in [9.17, 15) is 13.2 Å². The summed E-state index contributed by atoms with van der Waals surface area (Å²) < 4.78 is 32.2. The molecule has 1 aromatic rings. The second-order valence-corrected chi connectivity index (χ2v) is 6.77. The Kier molecular flexibility index (Phi) is 8.26. The van der Waals surface area contributed by atoms with Crippen LogP contribution < -0.4 is 14.9 Å². The summed E-state index contributed by atoms with van der Waals surface area (Å²) in [7, 11) is -3.75. The van der Waals surface area contributed by atoms with Gasteiger partial charge in [0, 0.05) is 6.54 Å². The zero-order chi connectivity index (χ0) is 18.0. The Labute approximate surface area is 142 Å². The molecule has 1 unspecified atom stereocenters. The first-order chi connectivity index (χ1) is 11.4. The molecule has 1 aromatic carbocycles. The predicted octanol–water partition coefficient (Wildman–Crippen LogP) is 1.29. The van der Waals surface area contributed by atoms with Gasteiger partial charge in [0.15, 0.2) is 0 Å². The lowest BCUT2D eigenvalue weighted by Crippen LogP contribution is -2.37. The van der Waals surface area contributed by atoms with E-state index >= 15 is 0 Å². The number of ether oxygens (including phenoxy) is 1. The van der Waals surface area contributed by atoms with Crippen LogP contribution in [0, 0.1) is 17.8 Å². The summed E-state index contributed by atoms with van der Waals surface area (Å²) in [4.78, 5) is 11.6. The van der Waals surface area contributed by atoms with E-state index in [1.54, 1.807) is 12.4 Å². The molecule has 1 atom stereocenters. The van der Waals surface area contributed by atoms with E-state index in [0.29, 0.717) is 18.6 Å². The van der Waals surface area contributed by atoms with Gasteiger partial charge in [0.2, 0.25) is 15.9 Å². The Bertz CT molecular complexity index is 689. The van der Waals surface area contributed by atoms with Gasteiger partial charge in [-0.1, -0.05) is 19.3 Å². The lowest BCUT2D eigenvalue weighted by atomic mass is 10.0. The zero-order valence-corrected chi connectivity index (χ0v) is 14.5. The van der Waals surface area contributed by atoms with E-state index < -0.39 is 21.8 Å². The molecule has 0 spiro atoms. The number of hydroxylamine groups is 1. The van der Waals surface area contributed by atoms with Gasteiger partial charge in [0.05, 0.1) is 10.8 Å². The molecule has 0 heterocycles. The highest BCUT2D eigenvalue weighted by molar-refractivity contribution is 7.89. The van der Waals surface area contributed by atoms with E-state index in [0.717, 1.165) is 0 Å². The Morgan fingerprint density at radius 2 is 2.00 bits per heavy atom. The van der Waals surface area contributed by atoms with Gasteiger partial charge in [-0.2, -0.15) is 0 Å². The Morgan fingerprint density at radius 3 is 2.54 bits per heavy atom. The van der Waals surface area contributed by atoms with Gasteiger partial charge >= 0.3 is 0 Å². The summed E-state index contributed by atoms with van der Waals surface area (Å²) in [6.45, 7) is 3.71. The fourth-order valence-corrected chi connectivity index (χ4v) is 3.05. The maximum atomic E-state index is 12.3. The van der Waals surface area contributed by atoms with Gasteiger partial charge in [-0.25, -0.2) is 18.6 Å². The first kappa shape index (κ1) is 20.0. The van der Waals surface area contributed by atoms with Crippen molar-refractivity contribution in [3.8, 4) is 17.6 Å². The number of carbonyl (C=O) groups is 1. The van der Waals surface area contributed by atoms with Crippen molar-refractivity contribution in [2.24, 2.45) is 5.92 Å². The Balaban J connectivity index is 2.72. The summed E-state index contributed by atoms with van der Waals surface area (Å²) in [6, 6.07) is 5.90. The zero-order valence-electron chi connectivity index (χ0n) is 13.7. The van der Waals surface area contributed by atoms with Crippen LogP contribution >= 0.6 is 0 Å². The standard InChI is InChI=1S/C16H22N2O5S/c1-3-5-11-23-14-7-9-15(10-8-14)24(21,22)17-12-13(6-4-2)16(19)18-20/h7-10,13,17,20H,4,6,11-12H2,1-2H3,(H,18,19). The van der Waals surface area contributed by atoms with E-state index in [1.165, 1.54) is 24.3 Å². The highest BCUT2D eigenvalue weighted by atomic mass is 32.2. The fraction of sp³-hybridized carbons (Fsp3) is 0.438. The predicted molar refractivity (Wildman–Crippen MR) is 88.9 cm³/mol. The van der Waals surface area contributed by atoms with E-state index in [-0.39, 0.29) is 18.0 Å². The van der Waals surface area contributed by atoms with Crippen molar-refractivity contribution >= 4 is 15.9 Å². The van der Waals surface area contributed by atoms with Crippen LogP contribution in [0.1, 0.15) is 26.7 Å². The molecule has 1 rings (SSSR count). The van der Waals surface area contributed by atoms with Crippen molar-refractivity contribution in [3.63, 3.8) is 0 Å². The van der Waals surface area contributed by atoms with Gasteiger partial charge < -0.3 is 4.74 Å². The van der Waals surface area contributed by atoms with Crippen molar-refractivity contribution in [2.75, 3.05) is 13.2 Å². The first-order valence-corrected chi connectivity index (χ1v) is 8.99. The molecule has 3 N–H and O–H groups in total. The normalized spacial score (nSPS) is 12.0. The third-order valence-electron chi connectivity index (χ3n) is 3.26. The molecule has 1 amide bonds. The minimum Gasteiger partial charge on any atom is -0.481 e. The highest BCUT2D eigenvalue weighted by Crippen LogP contribution is 2.16. The third kappa shape index (κ3) is 6.20. The first-order valence-electron chi connectivity index (χ1n) is 7.50. The average Bonchev–Trinajstić information content (AvgIpc) is 2.58. The Hall–Kier alpha value is -2.08. The number of hydrogen-bond donors (Lipinski definition) is 3. The molecule has 0 fully saturated rings. The second kappa shape index (κ2) is 9.93. The molecule has 0 saturated carbocycles. The molecular weight excluding hydrogens is 332 g/mol. The summed E-state index contributed by atoms with van der Waals surface area (Å²) in [5, 5.41) is 8.70. The van der Waals surface area contributed by atoms with Crippen LogP contribution in [-0.4, -0.2) is 32.7 Å². The summed E-state index contributed by atoms with van der Waals surface area (Å²) in [5.74, 6) is 4.70. The SMILES string of the molecule is CC#CCOc1ccc(S(=O)(=O)NCC(CCC)C(=O)NO)cc1. The quantitative estimate of drug-likeness (QED) is 0.352. The van der Waals surface area contributed by atoms with Crippen LogP contribution in [0.25, 0.3) is 0 Å². The molecule has 0 saturated heterocycles. The van der Waals surface area contributed by atoms with Crippen molar-refractivity contribution in [2.45, 2.75) is 31.6 Å². The molecule has 132 valence electrons. The van der Waals surface area contributed by atoms with E-state index in [2.05, 4.69) is 16.6 Å². The molecule has 24 heavy (non-hydrogen) atoms. The molecule has 0 aliphatic heterocycles. The van der Waals surface area contributed by atoms with Gasteiger partial charge in [-0.3, -0.25) is 10.0 Å².